The summed E-state index contributed by atoms with van der Waals surface area (Å²) in [7, 11) is 0. The van der Waals surface area contributed by atoms with E-state index in [9.17, 15) is 0 Å². The van der Waals surface area contributed by atoms with Gasteiger partial charge < -0.3 is 9.47 Å². The highest BCUT2D eigenvalue weighted by molar-refractivity contribution is 5.30. The predicted octanol–water partition coefficient (Wildman–Crippen LogP) is 4.41. The van der Waals surface area contributed by atoms with Crippen molar-refractivity contribution in [3.63, 3.8) is 0 Å². The minimum Gasteiger partial charge on any atom is -0.348 e. The third kappa shape index (κ3) is 4.62. The molecule has 2 aromatic rings. The van der Waals surface area contributed by atoms with E-state index in [0.717, 1.165) is 19.3 Å². The minimum atomic E-state index is -0.131. The van der Waals surface area contributed by atoms with Gasteiger partial charge in [0.25, 0.3) is 0 Å². The third-order valence-corrected chi connectivity index (χ3v) is 4.59. The summed E-state index contributed by atoms with van der Waals surface area (Å²) in [5.41, 5.74) is 5.33. The van der Waals surface area contributed by atoms with Crippen molar-refractivity contribution in [2.75, 3.05) is 13.2 Å². The Bertz CT molecular complexity index is 607. The number of hydrogen-bond donors (Lipinski definition) is 0. The topological polar surface area (TPSA) is 18.5 Å². The van der Waals surface area contributed by atoms with Crippen molar-refractivity contribution >= 4 is 0 Å². The summed E-state index contributed by atoms with van der Waals surface area (Å²) < 4.78 is 11.5. The molecule has 0 radical (unpaired) electrons. The van der Waals surface area contributed by atoms with Gasteiger partial charge in [-0.05, 0) is 35.1 Å². The van der Waals surface area contributed by atoms with Crippen LogP contribution < -0.4 is 0 Å². The highest BCUT2D eigenvalue weighted by Gasteiger charge is 2.23. The second-order valence-electron chi connectivity index (χ2n) is 6.46. The second kappa shape index (κ2) is 8.36. The Morgan fingerprint density at radius 1 is 0.875 bits per heavy atom. The van der Waals surface area contributed by atoms with Crippen LogP contribution in [-0.2, 0) is 28.7 Å². The molecule has 126 valence electrons. The molecular formula is C22H26O2. The molecule has 0 amide bonds. The number of ether oxygens (including phenoxy) is 2. The van der Waals surface area contributed by atoms with Crippen molar-refractivity contribution in [2.24, 2.45) is 5.92 Å². The standard InChI is InChI=1S/C22H26O2/c1-3-17-5-7-19(8-6-17)13-20-9-11-21(12-10-20)14-22-23-15-18(4-2)16-24-22/h4-12,18,22H,2-3,13-16H2,1H3. The lowest BCUT2D eigenvalue weighted by Gasteiger charge is -2.26. The molecule has 2 nitrogen and oxygen atoms in total. The van der Waals surface area contributed by atoms with Gasteiger partial charge in [-0.25, -0.2) is 0 Å². The van der Waals surface area contributed by atoms with Gasteiger partial charge in [0.15, 0.2) is 6.29 Å². The van der Waals surface area contributed by atoms with E-state index in [4.69, 9.17) is 9.47 Å². The van der Waals surface area contributed by atoms with Crippen molar-refractivity contribution in [2.45, 2.75) is 32.5 Å². The predicted molar refractivity (Wildman–Crippen MR) is 97.6 cm³/mol. The first kappa shape index (κ1) is 17.1. The van der Waals surface area contributed by atoms with Crippen molar-refractivity contribution in [3.05, 3.63) is 84.1 Å². The monoisotopic (exact) mass is 322 g/mol. The largest absolute Gasteiger partial charge is 0.348 e. The number of rotatable bonds is 6. The van der Waals surface area contributed by atoms with Crippen LogP contribution in [0.4, 0.5) is 0 Å². The van der Waals surface area contributed by atoms with E-state index < -0.39 is 0 Å². The van der Waals surface area contributed by atoms with E-state index in [1.54, 1.807) is 0 Å². The lowest BCUT2D eigenvalue weighted by atomic mass is 10.0. The summed E-state index contributed by atoms with van der Waals surface area (Å²) >= 11 is 0. The zero-order valence-electron chi connectivity index (χ0n) is 14.4. The Morgan fingerprint density at radius 3 is 1.88 bits per heavy atom. The van der Waals surface area contributed by atoms with Crippen LogP contribution in [0.2, 0.25) is 0 Å². The molecule has 1 fully saturated rings. The summed E-state index contributed by atoms with van der Waals surface area (Å²) in [6.45, 7) is 7.39. The summed E-state index contributed by atoms with van der Waals surface area (Å²) in [6.07, 6.45) is 4.64. The van der Waals surface area contributed by atoms with Gasteiger partial charge in [-0.15, -0.1) is 6.92 Å². The molecular weight excluding hydrogens is 296 g/mol. The van der Waals surface area contributed by atoms with E-state index in [-0.39, 0.29) is 6.29 Å². The summed E-state index contributed by atoms with van der Waals surface area (Å²) in [5, 5.41) is 0. The van der Waals surface area contributed by atoms with Gasteiger partial charge in [0.2, 0.25) is 0 Å². The van der Waals surface area contributed by atoms with Crippen LogP contribution >= 0.6 is 0 Å². The Morgan fingerprint density at radius 2 is 1.38 bits per heavy atom. The molecule has 1 saturated heterocycles. The number of benzene rings is 2. The Balaban J connectivity index is 1.53. The average Bonchev–Trinajstić information content (AvgIpc) is 2.65. The fourth-order valence-corrected chi connectivity index (χ4v) is 2.93. The van der Waals surface area contributed by atoms with E-state index >= 15 is 0 Å². The minimum absolute atomic E-state index is 0.131. The molecule has 24 heavy (non-hydrogen) atoms. The third-order valence-electron chi connectivity index (χ3n) is 4.59. The van der Waals surface area contributed by atoms with Crippen LogP contribution in [0.3, 0.4) is 0 Å². The van der Waals surface area contributed by atoms with Crippen LogP contribution in [0.25, 0.3) is 0 Å². The molecule has 2 heteroatoms. The fourth-order valence-electron chi connectivity index (χ4n) is 2.93. The first-order chi connectivity index (χ1) is 11.8. The van der Waals surface area contributed by atoms with Crippen molar-refractivity contribution < 1.29 is 9.47 Å². The van der Waals surface area contributed by atoms with Gasteiger partial charge in [-0.1, -0.05) is 61.9 Å². The van der Waals surface area contributed by atoms with Crippen LogP contribution in [0.1, 0.15) is 29.2 Å². The van der Waals surface area contributed by atoms with Gasteiger partial charge in [0, 0.05) is 6.42 Å². The van der Waals surface area contributed by atoms with E-state index in [1.807, 2.05) is 6.42 Å². The molecule has 0 N–H and O–H groups in total. The van der Waals surface area contributed by atoms with Gasteiger partial charge in [-0.2, -0.15) is 0 Å². The molecule has 0 saturated carbocycles. The fraction of sp³-hybridized carbons (Fsp3) is 0.364. The quantitative estimate of drug-likeness (QED) is 0.734. The molecule has 0 aromatic heterocycles. The van der Waals surface area contributed by atoms with E-state index in [1.165, 1.54) is 22.3 Å². The number of hydrogen-bond acceptors (Lipinski definition) is 2. The summed E-state index contributed by atoms with van der Waals surface area (Å²) in [4.78, 5) is 0. The Labute approximate surface area is 145 Å². The molecule has 3 rings (SSSR count). The second-order valence-corrected chi connectivity index (χ2v) is 6.46. The lowest BCUT2D eigenvalue weighted by Crippen LogP contribution is -2.33. The van der Waals surface area contributed by atoms with Crippen molar-refractivity contribution in [3.8, 4) is 0 Å². The Hall–Kier alpha value is -1.77. The SMILES string of the molecule is [CH2-][CH+]C1COC(Cc2ccc(Cc3ccc(CC)cc3)cc2)OC1. The maximum Gasteiger partial charge on any atom is 0.162 e. The molecule has 1 heterocycles. The number of aryl methyl sites for hydroxylation is 1. The average molecular weight is 322 g/mol. The molecule has 2 aromatic carbocycles. The van der Waals surface area contributed by atoms with E-state index in [2.05, 4.69) is 62.4 Å². The smallest absolute Gasteiger partial charge is 0.162 e. The zero-order chi connectivity index (χ0) is 16.8. The van der Waals surface area contributed by atoms with Gasteiger partial charge in [0.1, 0.15) is 5.92 Å². The van der Waals surface area contributed by atoms with Gasteiger partial charge >= 0.3 is 0 Å². The maximum absolute atomic E-state index is 5.74. The molecule has 1 aliphatic rings. The highest BCUT2D eigenvalue weighted by atomic mass is 16.7. The first-order valence-electron chi connectivity index (χ1n) is 8.78. The van der Waals surface area contributed by atoms with Crippen LogP contribution in [0.5, 0.6) is 0 Å². The molecule has 0 atom stereocenters. The van der Waals surface area contributed by atoms with E-state index in [0.29, 0.717) is 19.1 Å². The normalized spacial score (nSPS) is 20.8. The molecule has 0 bridgehead atoms. The summed E-state index contributed by atoms with van der Waals surface area (Å²) in [6, 6.07) is 17.7. The van der Waals surface area contributed by atoms with Crippen molar-refractivity contribution in [1.29, 1.82) is 0 Å². The highest BCUT2D eigenvalue weighted by Crippen LogP contribution is 2.18. The zero-order valence-corrected chi connectivity index (χ0v) is 14.4. The maximum atomic E-state index is 5.74. The first-order valence-corrected chi connectivity index (χ1v) is 8.78. The summed E-state index contributed by atoms with van der Waals surface area (Å²) in [5.74, 6) is 0.322. The van der Waals surface area contributed by atoms with Crippen LogP contribution in [0.15, 0.2) is 48.5 Å². The molecule has 0 aliphatic carbocycles. The van der Waals surface area contributed by atoms with Gasteiger partial charge in [-0.3, -0.25) is 0 Å². The van der Waals surface area contributed by atoms with Crippen molar-refractivity contribution in [1.82, 2.24) is 0 Å². The van der Waals surface area contributed by atoms with Gasteiger partial charge in [0.05, 0.1) is 13.2 Å². The molecule has 0 unspecified atom stereocenters. The van der Waals surface area contributed by atoms with Crippen LogP contribution in [-0.4, -0.2) is 19.5 Å². The molecule has 1 aliphatic heterocycles. The lowest BCUT2D eigenvalue weighted by molar-refractivity contribution is -0.193. The Kier molecular flexibility index (Phi) is 5.95. The van der Waals surface area contributed by atoms with Crippen LogP contribution in [0, 0.1) is 19.3 Å². The molecule has 0 spiro atoms.